The monoisotopic (exact) mass is 358 g/mol. The smallest absolute Gasteiger partial charge is 0.231 e. The fourth-order valence-corrected chi connectivity index (χ4v) is 3.29. The number of Topliss-reactive ketones (excluding diaryl/α,β-unsaturated/α-hetero) is 2. The van der Waals surface area contributed by atoms with E-state index in [-0.39, 0.29) is 11.6 Å². The fourth-order valence-electron chi connectivity index (χ4n) is 3.29. The van der Waals surface area contributed by atoms with Gasteiger partial charge in [0.25, 0.3) is 0 Å². The van der Waals surface area contributed by atoms with Crippen molar-refractivity contribution in [1.82, 2.24) is 0 Å². The van der Waals surface area contributed by atoms with Gasteiger partial charge in [0, 0.05) is 12.8 Å². The summed E-state index contributed by atoms with van der Waals surface area (Å²) in [5, 5.41) is 0. The molecular formula is C22H30O4. The molecule has 4 nitrogen and oxygen atoms in total. The molecule has 1 aliphatic heterocycles. The van der Waals surface area contributed by atoms with Crippen molar-refractivity contribution in [1.29, 1.82) is 0 Å². The van der Waals surface area contributed by atoms with Crippen LogP contribution in [-0.4, -0.2) is 18.4 Å². The molecule has 0 atom stereocenters. The van der Waals surface area contributed by atoms with E-state index in [4.69, 9.17) is 9.47 Å². The average molecular weight is 358 g/mol. The summed E-state index contributed by atoms with van der Waals surface area (Å²) in [5.74, 6) is 1.36. The van der Waals surface area contributed by atoms with Crippen molar-refractivity contribution >= 4 is 11.6 Å². The number of hydrogen-bond acceptors (Lipinski definition) is 4. The SMILES string of the molecule is CCC(=O)C(CC/C(=C/CCc1ccc2c(c1)OCO2)CC)C(=O)CC. The minimum absolute atomic E-state index is 0.0765. The molecule has 0 spiro atoms. The molecule has 4 heteroatoms. The van der Waals surface area contributed by atoms with Crippen molar-refractivity contribution in [2.75, 3.05) is 6.79 Å². The van der Waals surface area contributed by atoms with Crippen LogP contribution < -0.4 is 9.47 Å². The van der Waals surface area contributed by atoms with E-state index in [9.17, 15) is 9.59 Å². The van der Waals surface area contributed by atoms with Crippen molar-refractivity contribution in [3.05, 3.63) is 35.4 Å². The highest BCUT2D eigenvalue weighted by Gasteiger charge is 2.23. The largest absolute Gasteiger partial charge is 0.454 e. The molecule has 0 unspecified atom stereocenters. The molecule has 142 valence electrons. The summed E-state index contributed by atoms with van der Waals surface area (Å²) in [6.45, 7) is 6.10. The third kappa shape index (κ3) is 5.45. The number of fused-ring (bicyclic) bond motifs is 1. The third-order valence-electron chi connectivity index (χ3n) is 4.99. The molecule has 0 bridgehead atoms. The van der Waals surface area contributed by atoms with Crippen LogP contribution in [0.5, 0.6) is 11.5 Å². The summed E-state index contributed by atoms with van der Waals surface area (Å²) < 4.78 is 10.8. The molecule has 0 amide bonds. The summed E-state index contributed by atoms with van der Waals surface area (Å²) in [7, 11) is 0. The van der Waals surface area contributed by atoms with Gasteiger partial charge in [0.15, 0.2) is 11.5 Å². The van der Waals surface area contributed by atoms with Crippen molar-refractivity contribution in [2.45, 2.75) is 65.7 Å². The van der Waals surface area contributed by atoms with E-state index in [0.29, 0.717) is 26.1 Å². The number of aryl methyl sites for hydroxylation is 1. The van der Waals surface area contributed by atoms with Crippen LogP contribution in [0.15, 0.2) is 29.8 Å². The lowest BCUT2D eigenvalue weighted by Crippen LogP contribution is -2.23. The number of rotatable bonds is 11. The van der Waals surface area contributed by atoms with Gasteiger partial charge < -0.3 is 9.47 Å². The Morgan fingerprint density at radius 1 is 1.04 bits per heavy atom. The van der Waals surface area contributed by atoms with E-state index in [1.165, 1.54) is 11.1 Å². The molecule has 0 radical (unpaired) electrons. The topological polar surface area (TPSA) is 52.6 Å². The summed E-state index contributed by atoms with van der Waals surface area (Å²) >= 11 is 0. The Morgan fingerprint density at radius 3 is 2.38 bits per heavy atom. The minimum atomic E-state index is -0.422. The molecular weight excluding hydrogens is 328 g/mol. The summed E-state index contributed by atoms with van der Waals surface area (Å²) in [6.07, 6.45) is 7.42. The van der Waals surface area contributed by atoms with Crippen LogP contribution in [0.1, 0.15) is 64.9 Å². The normalized spacial score (nSPS) is 13.3. The van der Waals surface area contributed by atoms with Crippen molar-refractivity contribution in [2.24, 2.45) is 5.92 Å². The molecule has 0 saturated carbocycles. The van der Waals surface area contributed by atoms with E-state index in [1.54, 1.807) is 0 Å². The third-order valence-corrected chi connectivity index (χ3v) is 4.99. The second kappa shape index (κ2) is 10.1. The molecule has 0 saturated heterocycles. The number of benzene rings is 1. The predicted molar refractivity (Wildman–Crippen MR) is 103 cm³/mol. The second-order valence-corrected chi connectivity index (χ2v) is 6.67. The van der Waals surface area contributed by atoms with Crippen LogP contribution in [-0.2, 0) is 16.0 Å². The predicted octanol–water partition coefficient (Wildman–Crippen LogP) is 5.04. The minimum Gasteiger partial charge on any atom is -0.454 e. The lowest BCUT2D eigenvalue weighted by molar-refractivity contribution is -0.132. The molecule has 0 fully saturated rings. The molecule has 1 heterocycles. The summed E-state index contributed by atoms with van der Waals surface area (Å²) in [4.78, 5) is 24.1. The van der Waals surface area contributed by atoms with Gasteiger partial charge in [0.1, 0.15) is 11.6 Å². The van der Waals surface area contributed by atoms with Crippen molar-refractivity contribution < 1.29 is 19.1 Å². The molecule has 1 aromatic rings. The van der Waals surface area contributed by atoms with Crippen LogP contribution in [0, 0.1) is 5.92 Å². The zero-order chi connectivity index (χ0) is 18.9. The zero-order valence-electron chi connectivity index (χ0n) is 16.2. The standard InChI is InChI=1S/C22H30O4/c1-4-16(10-12-18(19(23)5-2)20(24)6-3)8-7-9-17-11-13-21-22(14-17)26-15-25-21/h8,11,13-14,18H,4-7,9-10,12,15H2,1-3H3/b16-8+. The Morgan fingerprint density at radius 2 is 1.73 bits per heavy atom. The highest BCUT2D eigenvalue weighted by molar-refractivity contribution is 6.02. The van der Waals surface area contributed by atoms with Gasteiger partial charge in [0.05, 0.1) is 5.92 Å². The van der Waals surface area contributed by atoms with Gasteiger partial charge in [-0.2, -0.15) is 0 Å². The van der Waals surface area contributed by atoms with Gasteiger partial charge in [-0.1, -0.05) is 38.5 Å². The number of ketones is 2. The Hall–Kier alpha value is -2.10. The Bertz CT molecular complexity index is 644. The van der Waals surface area contributed by atoms with Crippen LogP contribution >= 0.6 is 0 Å². The molecule has 1 aromatic carbocycles. The van der Waals surface area contributed by atoms with Crippen LogP contribution in [0.2, 0.25) is 0 Å². The van der Waals surface area contributed by atoms with Gasteiger partial charge in [-0.3, -0.25) is 9.59 Å². The first kappa shape index (κ1) is 20.2. The van der Waals surface area contributed by atoms with E-state index in [2.05, 4.69) is 19.1 Å². The number of carbonyl (C=O) groups is 2. The highest BCUT2D eigenvalue weighted by Crippen LogP contribution is 2.32. The van der Waals surface area contributed by atoms with E-state index in [1.807, 2.05) is 26.0 Å². The molecule has 26 heavy (non-hydrogen) atoms. The number of allylic oxidation sites excluding steroid dienone is 2. The maximum Gasteiger partial charge on any atom is 0.231 e. The van der Waals surface area contributed by atoms with Crippen LogP contribution in [0.4, 0.5) is 0 Å². The molecule has 0 N–H and O–H groups in total. The average Bonchev–Trinajstić information content (AvgIpc) is 3.13. The van der Waals surface area contributed by atoms with Gasteiger partial charge in [0.2, 0.25) is 6.79 Å². The lowest BCUT2D eigenvalue weighted by atomic mass is 9.88. The molecule has 1 aliphatic rings. The Labute approximate surface area is 156 Å². The first-order chi connectivity index (χ1) is 12.6. The zero-order valence-corrected chi connectivity index (χ0v) is 16.2. The quantitative estimate of drug-likeness (QED) is 0.411. The maximum absolute atomic E-state index is 12.0. The Kier molecular flexibility index (Phi) is 7.89. The molecule has 0 aromatic heterocycles. The van der Waals surface area contributed by atoms with Gasteiger partial charge in [-0.25, -0.2) is 0 Å². The van der Waals surface area contributed by atoms with Crippen LogP contribution in [0.25, 0.3) is 0 Å². The van der Waals surface area contributed by atoms with Gasteiger partial charge in [-0.15, -0.1) is 0 Å². The highest BCUT2D eigenvalue weighted by atomic mass is 16.7. The lowest BCUT2D eigenvalue weighted by Gasteiger charge is -2.14. The summed E-state index contributed by atoms with van der Waals surface area (Å²) in [5.41, 5.74) is 2.55. The summed E-state index contributed by atoms with van der Waals surface area (Å²) in [6, 6.07) is 6.07. The van der Waals surface area contributed by atoms with E-state index in [0.717, 1.165) is 37.2 Å². The van der Waals surface area contributed by atoms with Gasteiger partial charge in [-0.05, 0) is 49.8 Å². The number of carbonyl (C=O) groups excluding carboxylic acids is 2. The molecule has 0 aliphatic carbocycles. The molecule has 2 rings (SSSR count). The van der Waals surface area contributed by atoms with Crippen LogP contribution in [0.3, 0.4) is 0 Å². The number of ether oxygens (including phenoxy) is 2. The maximum atomic E-state index is 12.0. The van der Waals surface area contributed by atoms with E-state index >= 15 is 0 Å². The van der Waals surface area contributed by atoms with Crippen molar-refractivity contribution in [3.8, 4) is 11.5 Å². The second-order valence-electron chi connectivity index (χ2n) is 6.67. The van der Waals surface area contributed by atoms with Crippen molar-refractivity contribution in [3.63, 3.8) is 0 Å². The fraction of sp³-hybridized carbons (Fsp3) is 0.545. The van der Waals surface area contributed by atoms with Gasteiger partial charge >= 0.3 is 0 Å². The Balaban J connectivity index is 1.88. The first-order valence-electron chi connectivity index (χ1n) is 9.70. The first-order valence-corrected chi connectivity index (χ1v) is 9.70. The number of hydrogen-bond donors (Lipinski definition) is 0. The van der Waals surface area contributed by atoms with E-state index < -0.39 is 5.92 Å².